The summed E-state index contributed by atoms with van der Waals surface area (Å²) < 4.78 is 28.8. The van der Waals surface area contributed by atoms with Crippen LogP contribution >= 0.6 is 56.5 Å². The summed E-state index contributed by atoms with van der Waals surface area (Å²) in [4.78, 5) is 42.5. The van der Waals surface area contributed by atoms with E-state index in [9.17, 15) is 24.1 Å². The molecule has 1 aromatic heterocycles. The van der Waals surface area contributed by atoms with Gasteiger partial charge in [-0.25, -0.2) is 14.2 Å². The van der Waals surface area contributed by atoms with Crippen LogP contribution in [-0.4, -0.2) is 22.1 Å². The zero-order valence-corrected chi connectivity index (χ0v) is 27.8. The second-order valence-electron chi connectivity index (χ2n) is 9.37. The van der Waals surface area contributed by atoms with E-state index < -0.39 is 22.8 Å². The first kappa shape index (κ1) is 31.0. The standard InChI is InChI=1S/C30H22FI2N3O6S/c1-3-41-29(38)25-16(2)34-30-35(26(25)18-6-8-20(31)9-7-18)28(37)24(43-30)13-19-12-21(32)14-23(33)27(19)42-15-17-4-10-22(11-5-17)36(39)40/h4-14,26H,3,15H2,1-2H3/b24-13-/t26-/m0/s1. The van der Waals surface area contributed by atoms with Crippen LogP contribution in [0.25, 0.3) is 6.08 Å². The lowest BCUT2D eigenvalue weighted by molar-refractivity contribution is -0.384. The molecule has 0 bridgehead atoms. The topological polar surface area (TPSA) is 113 Å². The first-order valence-corrected chi connectivity index (χ1v) is 15.8. The van der Waals surface area contributed by atoms with Gasteiger partial charge in [-0.2, -0.15) is 0 Å². The van der Waals surface area contributed by atoms with Crippen molar-refractivity contribution in [3.05, 3.63) is 131 Å². The van der Waals surface area contributed by atoms with Gasteiger partial charge in [0.15, 0.2) is 4.80 Å². The molecule has 3 aromatic carbocycles. The number of hydrogen-bond donors (Lipinski definition) is 0. The summed E-state index contributed by atoms with van der Waals surface area (Å²) >= 11 is 5.52. The number of esters is 1. The molecule has 0 unspecified atom stereocenters. The van der Waals surface area contributed by atoms with Crippen LogP contribution < -0.4 is 19.6 Å². The van der Waals surface area contributed by atoms with Gasteiger partial charge in [0.1, 0.15) is 18.2 Å². The summed E-state index contributed by atoms with van der Waals surface area (Å²) in [5.74, 6) is -0.491. The highest BCUT2D eigenvalue weighted by molar-refractivity contribution is 14.1. The van der Waals surface area contributed by atoms with Crippen LogP contribution in [0.3, 0.4) is 0 Å². The Bertz CT molecular complexity index is 1950. The lowest BCUT2D eigenvalue weighted by Crippen LogP contribution is -2.39. The van der Waals surface area contributed by atoms with Crippen molar-refractivity contribution in [2.45, 2.75) is 26.5 Å². The predicted molar refractivity (Wildman–Crippen MR) is 176 cm³/mol. The third kappa shape index (κ3) is 6.57. The molecule has 0 N–H and O–H groups in total. The number of nitrogens with zero attached hydrogens (tertiary/aromatic N) is 3. The average Bonchev–Trinajstić information content (AvgIpc) is 3.26. The highest BCUT2D eigenvalue weighted by atomic mass is 127. The maximum Gasteiger partial charge on any atom is 0.338 e. The number of allylic oxidation sites excluding steroid dienone is 1. The van der Waals surface area contributed by atoms with Crippen molar-refractivity contribution < 1.29 is 23.6 Å². The second-order valence-corrected chi connectivity index (χ2v) is 12.8. The first-order chi connectivity index (χ1) is 20.6. The fraction of sp³-hybridized carbons (Fsp3) is 0.167. The number of hydrogen-bond acceptors (Lipinski definition) is 8. The van der Waals surface area contributed by atoms with Crippen molar-refractivity contribution in [3.63, 3.8) is 0 Å². The normalized spacial score (nSPS) is 14.7. The van der Waals surface area contributed by atoms with Crippen LogP contribution in [0.5, 0.6) is 5.75 Å². The fourth-order valence-electron chi connectivity index (χ4n) is 4.60. The van der Waals surface area contributed by atoms with Gasteiger partial charge < -0.3 is 9.47 Å². The summed E-state index contributed by atoms with van der Waals surface area (Å²) in [6.07, 6.45) is 1.73. The van der Waals surface area contributed by atoms with E-state index in [1.54, 1.807) is 44.2 Å². The largest absolute Gasteiger partial charge is 0.487 e. The molecule has 220 valence electrons. The van der Waals surface area contributed by atoms with E-state index in [-0.39, 0.29) is 30.0 Å². The molecular weight excluding hydrogens is 803 g/mol. The molecule has 9 nitrogen and oxygen atoms in total. The predicted octanol–water partition coefficient (Wildman–Crippen LogP) is 5.63. The highest BCUT2D eigenvalue weighted by Gasteiger charge is 2.33. The van der Waals surface area contributed by atoms with Crippen molar-refractivity contribution >= 4 is 74.3 Å². The average molecular weight is 825 g/mol. The number of aromatic nitrogens is 1. The number of carbonyl (C=O) groups excluding carboxylic acids is 1. The van der Waals surface area contributed by atoms with E-state index in [1.807, 2.05) is 12.1 Å². The van der Waals surface area contributed by atoms with Gasteiger partial charge >= 0.3 is 5.97 Å². The number of non-ortho nitro benzene ring substituents is 1. The van der Waals surface area contributed by atoms with Gasteiger partial charge in [-0.1, -0.05) is 23.5 Å². The minimum atomic E-state index is -0.855. The molecule has 0 aliphatic carbocycles. The molecule has 5 rings (SSSR count). The molecule has 43 heavy (non-hydrogen) atoms. The van der Waals surface area contributed by atoms with Gasteiger partial charge in [-0.15, -0.1) is 0 Å². The van der Waals surface area contributed by atoms with Crippen molar-refractivity contribution in [3.8, 4) is 5.75 Å². The number of fused-ring (bicyclic) bond motifs is 1. The number of benzene rings is 3. The Morgan fingerprint density at radius 2 is 1.86 bits per heavy atom. The van der Waals surface area contributed by atoms with Gasteiger partial charge in [0.25, 0.3) is 11.2 Å². The van der Waals surface area contributed by atoms with Crippen LogP contribution in [-0.2, 0) is 16.1 Å². The number of nitro groups is 1. The molecule has 0 saturated heterocycles. The van der Waals surface area contributed by atoms with Gasteiger partial charge in [0.2, 0.25) is 0 Å². The minimum absolute atomic E-state index is 0.0102. The molecule has 13 heteroatoms. The van der Waals surface area contributed by atoms with Crippen LogP contribution in [0.2, 0.25) is 0 Å². The number of halogens is 3. The maximum atomic E-state index is 14.0. The molecule has 2 heterocycles. The molecule has 1 aliphatic rings. The zero-order chi connectivity index (χ0) is 30.8. The highest BCUT2D eigenvalue weighted by Crippen LogP contribution is 2.32. The van der Waals surface area contributed by atoms with Crippen molar-refractivity contribution in [2.75, 3.05) is 6.61 Å². The monoisotopic (exact) mass is 825 g/mol. The van der Waals surface area contributed by atoms with Crippen LogP contribution in [0.15, 0.2) is 81.7 Å². The number of rotatable bonds is 8. The maximum absolute atomic E-state index is 14.0. The summed E-state index contributed by atoms with van der Waals surface area (Å²) in [5, 5.41) is 11.0. The molecule has 4 aromatic rings. The number of carbonyl (C=O) groups is 1. The zero-order valence-electron chi connectivity index (χ0n) is 22.7. The molecule has 0 saturated carbocycles. The van der Waals surface area contributed by atoms with Gasteiger partial charge in [-0.3, -0.25) is 19.5 Å². The van der Waals surface area contributed by atoms with Gasteiger partial charge in [0.05, 0.1) is 36.9 Å². The Morgan fingerprint density at radius 1 is 1.16 bits per heavy atom. The van der Waals surface area contributed by atoms with E-state index in [2.05, 4.69) is 50.2 Å². The Kier molecular flexibility index (Phi) is 9.41. The van der Waals surface area contributed by atoms with E-state index in [0.29, 0.717) is 31.9 Å². The summed E-state index contributed by atoms with van der Waals surface area (Å²) in [7, 11) is 0. The molecule has 1 atom stereocenters. The van der Waals surface area contributed by atoms with Crippen LogP contribution in [0, 0.1) is 23.1 Å². The number of ether oxygens (including phenoxy) is 2. The summed E-state index contributed by atoms with van der Waals surface area (Å²) in [6, 6.07) is 14.7. The molecule has 0 fully saturated rings. The molecule has 0 spiro atoms. The Hall–Kier alpha value is -3.44. The molecular formula is C30H22FI2N3O6S. The third-order valence-corrected chi connectivity index (χ3v) is 8.96. The minimum Gasteiger partial charge on any atom is -0.487 e. The quantitative estimate of drug-likeness (QED) is 0.0986. The third-order valence-electron chi connectivity index (χ3n) is 6.56. The van der Waals surface area contributed by atoms with Crippen molar-refractivity contribution in [1.82, 2.24) is 4.57 Å². The number of thiazole rings is 1. The second kappa shape index (κ2) is 13.1. The molecule has 0 radical (unpaired) electrons. The van der Waals surface area contributed by atoms with Gasteiger partial charge in [0, 0.05) is 21.3 Å². The van der Waals surface area contributed by atoms with Crippen molar-refractivity contribution in [1.29, 1.82) is 0 Å². The Balaban J connectivity index is 1.60. The first-order valence-electron chi connectivity index (χ1n) is 12.9. The lowest BCUT2D eigenvalue weighted by Gasteiger charge is -2.24. The Labute approximate surface area is 275 Å². The lowest BCUT2D eigenvalue weighted by atomic mass is 9.96. The Morgan fingerprint density at radius 3 is 2.51 bits per heavy atom. The summed E-state index contributed by atoms with van der Waals surface area (Å²) in [5.41, 5.74) is 2.18. The van der Waals surface area contributed by atoms with E-state index >= 15 is 0 Å². The number of nitro benzene ring substituents is 1. The van der Waals surface area contributed by atoms with E-state index in [4.69, 9.17) is 9.47 Å². The van der Waals surface area contributed by atoms with Crippen molar-refractivity contribution in [2.24, 2.45) is 4.99 Å². The SMILES string of the molecule is CCOC(=O)C1=C(C)N=c2s/c(=C\c3cc(I)cc(I)c3OCc3ccc([N+](=O)[O-])cc3)c(=O)n2[C@H]1c1ccc(F)cc1. The van der Waals surface area contributed by atoms with E-state index in [0.717, 1.165) is 12.7 Å². The van der Waals surface area contributed by atoms with Crippen LogP contribution in [0.1, 0.15) is 36.6 Å². The fourth-order valence-corrected chi connectivity index (χ4v) is 7.69. The smallest absolute Gasteiger partial charge is 0.338 e. The summed E-state index contributed by atoms with van der Waals surface area (Å²) in [6.45, 7) is 3.68. The van der Waals surface area contributed by atoms with Gasteiger partial charge in [-0.05, 0) is 113 Å². The molecule has 1 aliphatic heterocycles. The molecule has 0 amide bonds. The van der Waals surface area contributed by atoms with E-state index in [1.165, 1.54) is 40.2 Å². The van der Waals surface area contributed by atoms with Crippen LogP contribution in [0.4, 0.5) is 10.1 Å².